The molecule has 3 aromatic carbocycles. The molecule has 0 aromatic heterocycles. The summed E-state index contributed by atoms with van der Waals surface area (Å²) in [6.45, 7) is 6.35. The predicted molar refractivity (Wildman–Crippen MR) is 199 cm³/mol. The SMILES string of the molecule is C[C@H]1[C@H]([Si](C)(C)F)[C@@H](CC(=O)N(CCO)Cc2ccccc2)O[C@]12C(=O)N(Cc1ccc(N3CCCCCCC3=O)cc1)c1ccc(Br)cc12. The van der Waals surface area contributed by atoms with Crippen LogP contribution in [0.5, 0.6) is 0 Å². The van der Waals surface area contributed by atoms with Crippen molar-refractivity contribution in [1.29, 1.82) is 0 Å². The molecule has 2 saturated heterocycles. The first-order valence-corrected chi connectivity index (χ1v) is 21.5. The van der Waals surface area contributed by atoms with Gasteiger partial charge in [0, 0.05) is 53.2 Å². The van der Waals surface area contributed by atoms with Gasteiger partial charge in [-0.05, 0) is 67.4 Å². The number of rotatable bonds is 10. The highest BCUT2D eigenvalue weighted by molar-refractivity contribution is 9.10. The Morgan fingerprint density at radius 2 is 1.74 bits per heavy atom. The predicted octanol–water partition coefficient (Wildman–Crippen LogP) is 7.48. The molecule has 0 radical (unpaired) electrons. The minimum atomic E-state index is -3.49. The molecule has 11 heteroatoms. The maximum Gasteiger partial charge on any atom is 0.264 e. The molecule has 3 aromatic rings. The van der Waals surface area contributed by atoms with E-state index >= 15 is 4.11 Å². The van der Waals surface area contributed by atoms with E-state index in [0.717, 1.165) is 47.0 Å². The number of aliphatic hydroxyl groups is 1. The Kier molecular flexibility index (Phi) is 11.0. The van der Waals surface area contributed by atoms with Gasteiger partial charge in [0.05, 0.1) is 31.4 Å². The van der Waals surface area contributed by atoms with Crippen LogP contribution in [0.25, 0.3) is 0 Å². The van der Waals surface area contributed by atoms with Crippen molar-refractivity contribution in [2.75, 3.05) is 29.5 Å². The maximum atomic E-state index is 16.4. The van der Waals surface area contributed by atoms with Crippen molar-refractivity contribution in [3.63, 3.8) is 0 Å². The zero-order valence-electron chi connectivity index (χ0n) is 29.1. The van der Waals surface area contributed by atoms with Gasteiger partial charge in [0.1, 0.15) is 0 Å². The van der Waals surface area contributed by atoms with Crippen LogP contribution in [0.3, 0.4) is 0 Å². The van der Waals surface area contributed by atoms with Crippen molar-refractivity contribution in [2.24, 2.45) is 5.92 Å². The zero-order valence-corrected chi connectivity index (χ0v) is 31.7. The lowest BCUT2D eigenvalue weighted by Gasteiger charge is -2.31. The Bertz CT molecular complexity index is 1700. The summed E-state index contributed by atoms with van der Waals surface area (Å²) in [6, 6.07) is 23.0. The van der Waals surface area contributed by atoms with Gasteiger partial charge in [0.15, 0.2) is 5.60 Å². The van der Waals surface area contributed by atoms with Gasteiger partial charge in [0.25, 0.3) is 5.91 Å². The Hall–Kier alpha value is -3.38. The average molecular weight is 765 g/mol. The molecule has 6 rings (SSSR count). The van der Waals surface area contributed by atoms with Gasteiger partial charge in [-0.15, -0.1) is 0 Å². The maximum absolute atomic E-state index is 16.4. The van der Waals surface area contributed by atoms with Crippen LogP contribution in [-0.4, -0.2) is 61.9 Å². The first-order chi connectivity index (χ1) is 23.9. The lowest BCUT2D eigenvalue weighted by atomic mass is 9.82. The van der Waals surface area contributed by atoms with E-state index in [4.69, 9.17) is 4.74 Å². The Morgan fingerprint density at radius 3 is 2.44 bits per heavy atom. The molecular formula is C39H47BrFN3O5Si. The molecule has 0 aliphatic carbocycles. The van der Waals surface area contributed by atoms with Crippen LogP contribution in [0.4, 0.5) is 15.5 Å². The van der Waals surface area contributed by atoms with Gasteiger partial charge in [-0.3, -0.25) is 14.4 Å². The highest BCUT2D eigenvalue weighted by atomic mass is 79.9. The number of ether oxygens (including phenoxy) is 1. The fourth-order valence-electron chi connectivity index (χ4n) is 8.29. The lowest BCUT2D eigenvalue weighted by molar-refractivity contribution is -0.150. The van der Waals surface area contributed by atoms with Gasteiger partial charge in [-0.2, -0.15) is 0 Å². The number of benzene rings is 3. The number of amides is 3. The number of anilines is 2. The van der Waals surface area contributed by atoms with Crippen molar-refractivity contribution in [2.45, 2.75) is 88.9 Å². The van der Waals surface area contributed by atoms with E-state index in [0.29, 0.717) is 30.8 Å². The van der Waals surface area contributed by atoms with E-state index in [1.165, 1.54) is 0 Å². The normalized spacial score (nSPS) is 24.0. The fraction of sp³-hybridized carbons (Fsp3) is 0.462. The van der Waals surface area contributed by atoms with Crippen LogP contribution in [0, 0.1) is 5.92 Å². The number of fused-ring (bicyclic) bond motifs is 2. The number of nitrogens with zero attached hydrogens (tertiary/aromatic N) is 3. The first-order valence-electron chi connectivity index (χ1n) is 17.7. The molecule has 2 fully saturated rings. The summed E-state index contributed by atoms with van der Waals surface area (Å²) in [5.74, 6) is -0.924. The number of carbonyl (C=O) groups excluding carboxylic acids is 3. The van der Waals surface area contributed by atoms with Crippen LogP contribution in [0.15, 0.2) is 77.3 Å². The summed E-state index contributed by atoms with van der Waals surface area (Å²) in [4.78, 5) is 46.7. The van der Waals surface area contributed by atoms with E-state index in [9.17, 15) is 19.5 Å². The van der Waals surface area contributed by atoms with Gasteiger partial charge in [-0.25, -0.2) is 0 Å². The summed E-state index contributed by atoms with van der Waals surface area (Å²) in [5.41, 5.74) is 1.93. The number of halogens is 2. The molecule has 4 atom stereocenters. The lowest BCUT2D eigenvalue weighted by Crippen LogP contribution is -2.45. The highest BCUT2D eigenvalue weighted by Gasteiger charge is 2.67. The van der Waals surface area contributed by atoms with E-state index in [1.807, 2.05) is 84.6 Å². The molecule has 0 bridgehead atoms. The molecule has 3 heterocycles. The van der Waals surface area contributed by atoms with Crippen molar-refractivity contribution in [3.8, 4) is 0 Å². The van der Waals surface area contributed by atoms with Crippen molar-refractivity contribution >= 4 is 53.4 Å². The quantitative estimate of drug-likeness (QED) is 0.171. The van der Waals surface area contributed by atoms with Crippen molar-refractivity contribution < 1.29 is 28.3 Å². The van der Waals surface area contributed by atoms with Crippen molar-refractivity contribution in [3.05, 3.63) is 94.0 Å². The molecule has 1 N–H and O–H groups in total. The summed E-state index contributed by atoms with van der Waals surface area (Å²) >= 11 is 3.59. The molecule has 0 unspecified atom stereocenters. The second-order valence-electron chi connectivity index (χ2n) is 14.4. The number of hydrogen-bond acceptors (Lipinski definition) is 5. The topological polar surface area (TPSA) is 90.4 Å². The molecule has 8 nitrogen and oxygen atoms in total. The zero-order chi connectivity index (χ0) is 35.6. The minimum absolute atomic E-state index is 0.1000. The standard InChI is InChI=1S/C39H47BrFN3O5Si/c1-27-37(50(2,3)41)34(24-36(47)42(21-22-45)25-28-11-7-6-8-12-28)49-39(27)32-23-30(40)16-19-33(32)44(38(39)48)26-29-14-17-31(18-15-29)43-20-10-5-4-9-13-35(43)46/h6-8,11-12,14-19,23,27,34,37,45H,4-5,9-10,13,20-22,24-26H2,1-3H3/t27-,34+,37-,39+/m0/s1. The third kappa shape index (κ3) is 7.19. The Morgan fingerprint density at radius 1 is 1.02 bits per heavy atom. The van der Waals surface area contributed by atoms with Gasteiger partial charge in [-0.1, -0.05) is 78.2 Å². The fourth-order valence-corrected chi connectivity index (χ4v) is 11.1. The van der Waals surface area contributed by atoms with Crippen LogP contribution in [0.2, 0.25) is 18.6 Å². The largest absolute Gasteiger partial charge is 0.395 e. The van der Waals surface area contributed by atoms with Gasteiger partial charge < -0.3 is 28.7 Å². The van der Waals surface area contributed by atoms with Crippen LogP contribution in [-0.2, 0) is 37.8 Å². The molecule has 50 heavy (non-hydrogen) atoms. The van der Waals surface area contributed by atoms with Crippen LogP contribution < -0.4 is 9.80 Å². The summed E-state index contributed by atoms with van der Waals surface area (Å²) < 4.78 is 24.0. The minimum Gasteiger partial charge on any atom is -0.395 e. The number of hydrogen-bond donors (Lipinski definition) is 1. The molecule has 3 amide bonds. The van der Waals surface area contributed by atoms with Crippen LogP contribution >= 0.6 is 15.9 Å². The summed E-state index contributed by atoms with van der Waals surface area (Å²) in [6.07, 6.45) is 3.71. The van der Waals surface area contributed by atoms with E-state index in [1.54, 1.807) is 22.9 Å². The number of carbonyl (C=O) groups is 3. The molecule has 3 aliphatic rings. The van der Waals surface area contributed by atoms with Gasteiger partial charge in [0.2, 0.25) is 20.2 Å². The Labute approximate surface area is 303 Å². The van der Waals surface area contributed by atoms with Crippen molar-refractivity contribution in [1.82, 2.24) is 4.90 Å². The summed E-state index contributed by atoms with van der Waals surface area (Å²) in [5, 5.41) is 9.80. The molecule has 1 spiro atoms. The number of aliphatic hydroxyl groups excluding tert-OH is 1. The van der Waals surface area contributed by atoms with E-state index in [2.05, 4.69) is 15.9 Å². The molecular weight excluding hydrogens is 717 g/mol. The van der Waals surface area contributed by atoms with E-state index < -0.39 is 31.6 Å². The van der Waals surface area contributed by atoms with Gasteiger partial charge >= 0.3 is 0 Å². The monoisotopic (exact) mass is 763 g/mol. The second-order valence-corrected chi connectivity index (χ2v) is 19.1. The Balaban J connectivity index is 1.29. The molecule has 3 aliphatic heterocycles. The third-order valence-corrected chi connectivity index (χ3v) is 13.6. The smallest absolute Gasteiger partial charge is 0.264 e. The van der Waals surface area contributed by atoms with Crippen LogP contribution in [0.1, 0.15) is 62.1 Å². The highest BCUT2D eigenvalue weighted by Crippen LogP contribution is 2.60. The summed E-state index contributed by atoms with van der Waals surface area (Å²) in [7, 11) is -3.49. The first kappa shape index (κ1) is 36.4. The second kappa shape index (κ2) is 15.1. The molecule has 0 saturated carbocycles. The molecule has 266 valence electrons. The average Bonchev–Trinajstić information content (AvgIpc) is 3.49. The third-order valence-electron chi connectivity index (χ3n) is 10.6. The van der Waals surface area contributed by atoms with E-state index in [-0.39, 0.29) is 43.8 Å².